The van der Waals surface area contributed by atoms with Gasteiger partial charge in [-0.15, -0.1) is 0 Å². The van der Waals surface area contributed by atoms with Gasteiger partial charge in [-0.1, -0.05) is 19.1 Å². The zero-order chi connectivity index (χ0) is 13.1. The van der Waals surface area contributed by atoms with Crippen molar-refractivity contribution in [2.24, 2.45) is 0 Å². The average Bonchev–Trinajstić information content (AvgIpc) is 2.26. The molecule has 0 radical (unpaired) electrons. The molecule has 0 atom stereocenters. The van der Waals surface area contributed by atoms with Crippen LogP contribution in [0.5, 0.6) is 5.75 Å². The van der Waals surface area contributed by atoms with Gasteiger partial charge in [0, 0.05) is 0 Å². The van der Waals surface area contributed by atoms with Crippen LogP contribution in [0.15, 0.2) is 24.3 Å². The van der Waals surface area contributed by atoms with Crippen molar-refractivity contribution in [3.05, 3.63) is 50.1 Å². The van der Waals surface area contributed by atoms with E-state index in [1.54, 1.807) is 6.92 Å². The van der Waals surface area contributed by atoms with Crippen LogP contribution in [0.4, 0.5) is 0 Å². The highest BCUT2D eigenvalue weighted by Crippen LogP contribution is 2.36. The normalized spacial score (nSPS) is 11.1. The number of para-hydroxylation sites is 1. The molecule has 0 aromatic heterocycles. The average molecular weight is 240 g/mol. The molecule has 0 aliphatic carbocycles. The first-order valence-corrected chi connectivity index (χ1v) is 5.04. The van der Waals surface area contributed by atoms with Crippen LogP contribution in [-0.4, -0.2) is 15.0 Å². The smallest absolute Gasteiger partial charge is 0.487 e. The van der Waals surface area contributed by atoms with Gasteiger partial charge in [-0.05, 0) is 18.6 Å². The molecule has 17 heavy (non-hydrogen) atoms. The molecule has 1 aromatic rings. The summed E-state index contributed by atoms with van der Waals surface area (Å²) in [5.41, 5.74) is -2.75. The molecule has 0 spiro atoms. The number of rotatable bonds is 5. The Morgan fingerprint density at radius 2 is 1.76 bits per heavy atom. The minimum Gasteiger partial charge on any atom is -0.507 e. The first-order chi connectivity index (χ1) is 7.96. The molecule has 0 aliphatic heterocycles. The van der Waals surface area contributed by atoms with E-state index in [4.69, 9.17) is 0 Å². The van der Waals surface area contributed by atoms with Gasteiger partial charge >= 0.3 is 5.66 Å². The maximum Gasteiger partial charge on any atom is 0.487 e. The van der Waals surface area contributed by atoms with Crippen molar-refractivity contribution in [3.63, 3.8) is 0 Å². The van der Waals surface area contributed by atoms with Crippen molar-refractivity contribution >= 4 is 0 Å². The van der Waals surface area contributed by atoms with E-state index in [2.05, 4.69) is 0 Å². The lowest BCUT2D eigenvalue weighted by molar-refractivity contribution is -0.811. The predicted octanol–water partition coefficient (Wildman–Crippen LogP) is 1.90. The van der Waals surface area contributed by atoms with E-state index in [-0.39, 0.29) is 18.4 Å². The lowest BCUT2D eigenvalue weighted by Gasteiger charge is -2.17. The number of aromatic hydroxyl groups is 1. The quantitative estimate of drug-likeness (QED) is 0.480. The second kappa shape index (κ2) is 4.77. The summed E-state index contributed by atoms with van der Waals surface area (Å²) < 4.78 is 0. The van der Waals surface area contributed by atoms with Gasteiger partial charge in [0.1, 0.15) is 21.2 Å². The fraction of sp³-hybridized carbons (Fsp3) is 0.400. The summed E-state index contributed by atoms with van der Waals surface area (Å²) in [7, 11) is 0. The summed E-state index contributed by atoms with van der Waals surface area (Å²) in [4.78, 5) is 20.2. The van der Waals surface area contributed by atoms with Gasteiger partial charge in [-0.3, -0.25) is 20.2 Å². The molecular weight excluding hydrogens is 228 g/mol. The maximum absolute atomic E-state index is 11.1. The van der Waals surface area contributed by atoms with Crippen molar-refractivity contribution < 1.29 is 15.0 Å². The minimum atomic E-state index is -2.47. The Bertz CT molecular complexity index is 432. The van der Waals surface area contributed by atoms with Gasteiger partial charge in [0.2, 0.25) is 0 Å². The van der Waals surface area contributed by atoms with E-state index in [1.165, 1.54) is 24.3 Å². The molecule has 1 rings (SSSR count). The van der Waals surface area contributed by atoms with E-state index < -0.39 is 21.3 Å². The van der Waals surface area contributed by atoms with Crippen molar-refractivity contribution in [1.82, 2.24) is 0 Å². The highest BCUT2D eigenvalue weighted by Gasteiger charge is 2.58. The standard InChI is InChI=1S/C10H12N2O5/c1-2-7-10(11(14)15,12(16)17)8-5-3-4-6-9(8)13/h3-6,13H,2,7H2,1H3. The Morgan fingerprint density at radius 1 is 1.24 bits per heavy atom. The van der Waals surface area contributed by atoms with Crippen LogP contribution in [0.1, 0.15) is 25.3 Å². The summed E-state index contributed by atoms with van der Waals surface area (Å²) >= 11 is 0. The Labute approximate surface area is 97.0 Å². The first kappa shape index (κ1) is 12.9. The van der Waals surface area contributed by atoms with Crippen LogP contribution in [0.2, 0.25) is 0 Å². The molecule has 0 unspecified atom stereocenters. The number of phenols is 1. The summed E-state index contributed by atoms with van der Waals surface area (Å²) in [6.07, 6.45) is -0.0130. The monoisotopic (exact) mass is 240 g/mol. The molecule has 0 saturated carbocycles. The van der Waals surface area contributed by atoms with Crippen LogP contribution in [0.3, 0.4) is 0 Å². The maximum atomic E-state index is 11.1. The fourth-order valence-electron chi connectivity index (χ4n) is 1.74. The zero-order valence-corrected chi connectivity index (χ0v) is 9.20. The van der Waals surface area contributed by atoms with Crippen molar-refractivity contribution in [2.75, 3.05) is 0 Å². The summed E-state index contributed by atoms with van der Waals surface area (Å²) in [5, 5.41) is 31.7. The van der Waals surface area contributed by atoms with Gasteiger partial charge in [-0.2, -0.15) is 0 Å². The second-order valence-corrected chi connectivity index (χ2v) is 3.60. The van der Waals surface area contributed by atoms with E-state index >= 15 is 0 Å². The highest BCUT2D eigenvalue weighted by molar-refractivity contribution is 5.35. The number of nitrogens with zero attached hydrogens (tertiary/aromatic N) is 2. The van der Waals surface area contributed by atoms with Crippen molar-refractivity contribution in [1.29, 1.82) is 0 Å². The summed E-state index contributed by atoms with van der Waals surface area (Å²) in [6.45, 7) is 1.61. The molecule has 0 heterocycles. The van der Waals surface area contributed by atoms with Crippen molar-refractivity contribution in [3.8, 4) is 5.75 Å². The molecule has 0 amide bonds. The first-order valence-electron chi connectivity index (χ1n) is 5.04. The topological polar surface area (TPSA) is 107 Å². The number of hydrogen-bond donors (Lipinski definition) is 1. The van der Waals surface area contributed by atoms with E-state index in [1.807, 2.05) is 0 Å². The Kier molecular flexibility index (Phi) is 3.62. The summed E-state index contributed by atoms with van der Waals surface area (Å²) in [5.74, 6) is -0.436. The van der Waals surface area contributed by atoms with E-state index in [0.29, 0.717) is 0 Å². The van der Waals surface area contributed by atoms with Gasteiger partial charge in [0.25, 0.3) is 0 Å². The van der Waals surface area contributed by atoms with Crippen LogP contribution >= 0.6 is 0 Å². The number of benzene rings is 1. The molecule has 0 aliphatic rings. The molecular formula is C10H12N2O5. The number of hydrogen-bond acceptors (Lipinski definition) is 5. The van der Waals surface area contributed by atoms with Crippen LogP contribution in [-0.2, 0) is 5.66 Å². The van der Waals surface area contributed by atoms with Gasteiger partial charge < -0.3 is 5.11 Å². The predicted molar refractivity (Wildman–Crippen MR) is 58.7 cm³/mol. The minimum absolute atomic E-state index is 0.260. The lowest BCUT2D eigenvalue weighted by atomic mass is 9.95. The zero-order valence-electron chi connectivity index (χ0n) is 9.20. The largest absolute Gasteiger partial charge is 0.507 e. The highest BCUT2D eigenvalue weighted by atomic mass is 16.7. The van der Waals surface area contributed by atoms with Crippen LogP contribution in [0.25, 0.3) is 0 Å². The third-order valence-corrected chi connectivity index (χ3v) is 2.54. The molecule has 1 aromatic carbocycles. The van der Waals surface area contributed by atoms with E-state index in [9.17, 15) is 25.3 Å². The second-order valence-electron chi connectivity index (χ2n) is 3.60. The molecule has 0 fully saturated rings. The Balaban J connectivity index is 3.47. The SMILES string of the molecule is CCCC(c1ccccc1O)([N+](=O)[O-])[N+](=O)[O-]. The molecule has 7 nitrogen and oxygen atoms in total. The molecule has 7 heteroatoms. The Morgan fingerprint density at radius 3 is 2.18 bits per heavy atom. The third kappa shape index (κ3) is 2.03. The van der Waals surface area contributed by atoms with Gasteiger partial charge in [0.15, 0.2) is 0 Å². The van der Waals surface area contributed by atoms with Crippen LogP contribution < -0.4 is 0 Å². The third-order valence-electron chi connectivity index (χ3n) is 2.54. The van der Waals surface area contributed by atoms with E-state index in [0.717, 1.165) is 0 Å². The van der Waals surface area contributed by atoms with Crippen molar-refractivity contribution in [2.45, 2.75) is 25.4 Å². The summed E-state index contributed by atoms with van der Waals surface area (Å²) in [6, 6.07) is 5.28. The van der Waals surface area contributed by atoms with Gasteiger partial charge in [0.05, 0.1) is 6.42 Å². The van der Waals surface area contributed by atoms with Gasteiger partial charge in [-0.25, -0.2) is 0 Å². The van der Waals surface area contributed by atoms with Crippen LogP contribution in [0, 0.1) is 20.2 Å². The molecule has 92 valence electrons. The lowest BCUT2D eigenvalue weighted by Crippen LogP contribution is -2.43. The number of nitro groups is 2. The molecule has 0 bridgehead atoms. The molecule has 0 saturated heterocycles. The number of phenolic OH excluding ortho intramolecular Hbond substituents is 1. The molecule has 1 N–H and O–H groups in total. The Hall–Kier alpha value is -2.18. The fourth-order valence-corrected chi connectivity index (χ4v) is 1.74.